The largest absolute Gasteiger partial charge is 0.351 e. The molecule has 0 fully saturated rings. The van der Waals surface area contributed by atoms with Gasteiger partial charge >= 0.3 is 6.03 Å². The van der Waals surface area contributed by atoms with E-state index in [1.54, 1.807) is 0 Å². The first-order valence-electron chi connectivity index (χ1n) is 2.90. The maximum absolute atomic E-state index is 10.9. The van der Waals surface area contributed by atoms with E-state index in [2.05, 4.69) is 0 Å². The van der Waals surface area contributed by atoms with Crippen molar-refractivity contribution in [1.82, 2.24) is 4.90 Å². The van der Waals surface area contributed by atoms with Gasteiger partial charge in [-0.3, -0.25) is 9.59 Å². The van der Waals surface area contributed by atoms with E-state index in [0.717, 1.165) is 6.08 Å². The van der Waals surface area contributed by atoms with Crippen LogP contribution in [0.4, 0.5) is 4.79 Å². The van der Waals surface area contributed by atoms with Gasteiger partial charge in [-0.1, -0.05) is 0 Å². The lowest BCUT2D eigenvalue weighted by molar-refractivity contribution is -0.133. The summed E-state index contributed by atoms with van der Waals surface area (Å²) in [6.07, 6.45) is 1.08. The Morgan fingerprint density at radius 1 is 1.55 bits per heavy atom. The van der Waals surface area contributed by atoms with E-state index in [9.17, 15) is 14.4 Å². The molecule has 58 valence electrons. The summed E-state index contributed by atoms with van der Waals surface area (Å²) in [4.78, 5) is 32.5. The second-order valence-electron chi connectivity index (χ2n) is 2.14. The summed E-state index contributed by atoms with van der Waals surface area (Å²) in [5, 5.41) is 0. The van der Waals surface area contributed by atoms with Gasteiger partial charge in [0.1, 0.15) is 0 Å². The normalized spacial score (nSPS) is 17.2. The van der Waals surface area contributed by atoms with Crippen LogP contribution in [0, 0.1) is 0 Å². The lowest BCUT2D eigenvalue weighted by Gasteiger charge is -2.06. The monoisotopic (exact) mass is 154 g/mol. The molecular weight excluding hydrogens is 148 g/mol. The zero-order valence-electron chi connectivity index (χ0n) is 5.83. The Hall–Kier alpha value is -1.65. The fraction of sp³-hybridized carbons (Fsp3) is 0.167. The number of amides is 4. The van der Waals surface area contributed by atoms with Crippen LogP contribution >= 0.6 is 0 Å². The quantitative estimate of drug-likeness (QED) is 0.472. The van der Waals surface area contributed by atoms with Gasteiger partial charge in [-0.25, -0.2) is 4.79 Å². The van der Waals surface area contributed by atoms with Crippen molar-refractivity contribution in [1.29, 1.82) is 0 Å². The molecule has 0 spiro atoms. The van der Waals surface area contributed by atoms with Gasteiger partial charge in [0, 0.05) is 11.6 Å². The van der Waals surface area contributed by atoms with E-state index in [-0.39, 0.29) is 5.57 Å². The average molecular weight is 154 g/mol. The number of carbonyl (C=O) groups excluding carboxylic acids is 3. The molecule has 0 atom stereocenters. The zero-order valence-corrected chi connectivity index (χ0v) is 5.83. The Morgan fingerprint density at radius 2 is 2.09 bits per heavy atom. The highest BCUT2D eigenvalue weighted by Crippen LogP contribution is 2.10. The summed E-state index contributed by atoms with van der Waals surface area (Å²) >= 11 is 0. The molecule has 0 aliphatic carbocycles. The lowest BCUT2D eigenvalue weighted by Crippen LogP contribution is -2.40. The Bertz CT molecular complexity index is 280. The van der Waals surface area contributed by atoms with Crippen LogP contribution in [0.3, 0.4) is 0 Å². The van der Waals surface area contributed by atoms with Crippen LogP contribution in [0.25, 0.3) is 0 Å². The number of hydrogen-bond donors (Lipinski definition) is 1. The van der Waals surface area contributed by atoms with Gasteiger partial charge in [-0.15, -0.1) is 0 Å². The molecule has 4 amide bonds. The summed E-state index contributed by atoms with van der Waals surface area (Å²) in [5.41, 5.74) is 4.98. The molecule has 0 saturated carbocycles. The van der Waals surface area contributed by atoms with Gasteiger partial charge in [0.05, 0.1) is 0 Å². The van der Waals surface area contributed by atoms with Crippen molar-refractivity contribution < 1.29 is 14.4 Å². The molecule has 1 rings (SSSR count). The molecule has 1 aliphatic heterocycles. The summed E-state index contributed by atoms with van der Waals surface area (Å²) in [5.74, 6) is -1.30. The third-order valence-electron chi connectivity index (χ3n) is 1.32. The topological polar surface area (TPSA) is 80.5 Å². The van der Waals surface area contributed by atoms with Crippen LogP contribution in [-0.2, 0) is 9.59 Å². The Balaban J connectivity index is 2.99. The second kappa shape index (κ2) is 2.19. The SMILES string of the molecule is CC1=CC(=O)N(C(N)=O)C1=O. The molecule has 1 heterocycles. The number of imide groups is 3. The summed E-state index contributed by atoms with van der Waals surface area (Å²) < 4.78 is 0. The summed E-state index contributed by atoms with van der Waals surface area (Å²) in [6, 6.07) is -1.03. The van der Waals surface area contributed by atoms with Crippen LogP contribution in [0.2, 0.25) is 0 Å². The van der Waals surface area contributed by atoms with E-state index in [0.29, 0.717) is 4.90 Å². The van der Waals surface area contributed by atoms with E-state index in [1.807, 2.05) is 0 Å². The van der Waals surface area contributed by atoms with Crippen LogP contribution in [0.15, 0.2) is 11.6 Å². The predicted molar refractivity (Wildman–Crippen MR) is 35.2 cm³/mol. The first kappa shape index (κ1) is 7.46. The minimum Gasteiger partial charge on any atom is -0.351 e. The number of carbonyl (C=O) groups is 3. The molecule has 5 nitrogen and oxygen atoms in total. The maximum Gasteiger partial charge on any atom is 0.328 e. The summed E-state index contributed by atoms with van der Waals surface area (Å²) in [6.45, 7) is 1.45. The highest BCUT2D eigenvalue weighted by Gasteiger charge is 2.32. The minimum absolute atomic E-state index is 0.230. The van der Waals surface area contributed by atoms with Crippen molar-refractivity contribution in [3.05, 3.63) is 11.6 Å². The molecule has 0 unspecified atom stereocenters. The van der Waals surface area contributed by atoms with Crippen LogP contribution in [0.1, 0.15) is 6.92 Å². The molecule has 0 aromatic carbocycles. The molecular formula is C6H6N2O3. The third kappa shape index (κ3) is 1.000. The zero-order chi connectivity index (χ0) is 8.59. The minimum atomic E-state index is -1.03. The Labute approximate surface area is 62.5 Å². The standard InChI is InChI=1S/C6H6N2O3/c1-3-2-4(9)8(5(3)10)6(7)11/h2H,1H3,(H2,7,11). The van der Waals surface area contributed by atoms with E-state index in [1.165, 1.54) is 6.92 Å². The fourth-order valence-electron chi connectivity index (χ4n) is 0.797. The third-order valence-corrected chi connectivity index (χ3v) is 1.32. The van der Waals surface area contributed by atoms with Gasteiger partial charge in [0.15, 0.2) is 0 Å². The van der Waals surface area contributed by atoms with Crippen molar-refractivity contribution in [2.75, 3.05) is 0 Å². The number of rotatable bonds is 0. The average Bonchev–Trinajstić information content (AvgIpc) is 2.07. The smallest absolute Gasteiger partial charge is 0.328 e. The van der Waals surface area contributed by atoms with Gasteiger partial charge < -0.3 is 5.73 Å². The van der Waals surface area contributed by atoms with Gasteiger partial charge in [0.2, 0.25) is 0 Å². The second-order valence-corrected chi connectivity index (χ2v) is 2.14. The van der Waals surface area contributed by atoms with E-state index in [4.69, 9.17) is 5.73 Å². The van der Waals surface area contributed by atoms with Crippen LogP contribution in [-0.4, -0.2) is 22.7 Å². The number of urea groups is 1. The molecule has 2 N–H and O–H groups in total. The first-order valence-corrected chi connectivity index (χ1v) is 2.90. The molecule has 1 aliphatic rings. The van der Waals surface area contributed by atoms with Gasteiger partial charge in [-0.05, 0) is 6.92 Å². The first-order chi connectivity index (χ1) is 5.04. The number of hydrogen-bond acceptors (Lipinski definition) is 3. The Kier molecular flexibility index (Phi) is 1.48. The van der Waals surface area contributed by atoms with E-state index < -0.39 is 17.8 Å². The van der Waals surface area contributed by atoms with Crippen molar-refractivity contribution in [2.24, 2.45) is 5.73 Å². The number of nitrogens with two attached hydrogens (primary N) is 1. The molecule has 0 saturated heterocycles. The lowest BCUT2D eigenvalue weighted by atomic mass is 10.3. The molecule has 11 heavy (non-hydrogen) atoms. The molecule has 0 bridgehead atoms. The number of nitrogens with zero attached hydrogens (tertiary/aromatic N) is 1. The highest BCUT2D eigenvalue weighted by atomic mass is 16.2. The molecule has 0 radical (unpaired) electrons. The Morgan fingerprint density at radius 3 is 2.27 bits per heavy atom. The van der Waals surface area contributed by atoms with Crippen molar-refractivity contribution in [3.63, 3.8) is 0 Å². The van der Waals surface area contributed by atoms with Crippen LogP contribution in [0.5, 0.6) is 0 Å². The van der Waals surface area contributed by atoms with E-state index >= 15 is 0 Å². The van der Waals surface area contributed by atoms with Gasteiger partial charge in [0.25, 0.3) is 11.8 Å². The predicted octanol–water partition coefficient (Wildman–Crippen LogP) is -0.620. The highest BCUT2D eigenvalue weighted by molar-refractivity contribution is 6.24. The molecule has 5 heteroatoms. The van der Waals surface area contributed by atoms with Crippen molar-refractivity contribution >= 4 is 17.8 Å². The van der Waals surface area contributed by atoms with Crippen molar-refractivity contribution in [3.8, 4) is 0 Å². The molecule has 0 aromatic rings. The molecule has 0 aromatic heterocycles. The summed E-state index contributed by atoms with van der Waals surface area (Å²) in [7, 11) is 0. The van der Waals surface area contributed by atoms with Crippen LogP contribution < -0.4 is 5.73 Å². The number of primary amides is 1. The fourth-order valence-corrected chi connectivity index (χ4v) is 0.797. The van der Waals surface area contributed by atoms with Gasteiger partial charge in [-0.2, -0.15) is 4.90 Å². The van der Waals surface area contributed by atoms with Crippen molar-refractivity contribution in [2.45, 2.75) is 6.92 Å². The maximum atomic E-state index is 10.9.